The Balaban J connectivity index is 1.99. The third-order valence-corrected chi connectivity index (χ3v) is 4.94. The first-order valence-corrected chi connectivity index (χ1v) is 7.03. The number of piperidine rings is 1. The number of rotatable bonds is 3. The summed E-state index contributed by atoms with van der Waals surface area (Å²) in [7, 11) is -3.25. The fourth-order valence-electron chi connectivity index (χ4n) is 2.08. The van der Waals surface area contributed by atoms with Gasteiger partial charge in [-0.25, -0.2) is 0 Å². The minimum atomic E-state index is -3.25. The SMILES string of the molecule is CC1CCCCN1S(=O)(=O)NC1CNC1. The highest BCUT2D eigenvalue weighted by Crippen LogP contribution is 2.19. The summed E-state index contributed by atoms with van der Waals surface area (Å²) in [6, 6.07) is 0.230. The molecule has 6 heteroatoms. The molecule has 0 spiro atoms. The van der Waals surface area contributed by atoms with Crippen molar-refractivity contribution in [2.75, 3.05) is 19.6 Å². The predicted molar refractivity (Wildman–Crippen MR) is 58.7 cm³/mol. The number of nitrogens with one attached hydrogen (secondary N) is 2. The molecule has 2 fully saturated rings. The molecule has 2 N–H and O–H groups in total. The molecule has 2 saturated heterocycles. The van der Waals surface area contributed by atoms with Crippen molar-refractivity contribution >= 4 is 10.2 Å². The summed E-state index contributed by atoms with van der Waals surface area (Å²) in [5, 5.41) is 3.05. The molecule has 0 aliphatic carbocycles. The third kappa shape index (κ3) is 2.50. The normalized spacial score (nSPS) is 30.1. The second-order valence-corrected chi connectivity index (χ2v) is 6.09. The topological polar surface area (TPSA) is 61.4 Å². The Morgan fingerprint density at radius 2 is 2.07 bits per heavy atom. The summed E-state index contributed by atoms with van der Waals surface area (Å²) in [4.78, 5) is 0. The van der Waals surface area contributed by atoms with Gasteiger partial charge in [-0.2, -0.15) is 17.4 Å². The first-order valence-electron chi connectivity index (χ1n) is 5.59. The zero-order valence-electron chi connectivity index (χ0n) is 9.07. The minimum absolute atomic E-state index is 0.0872. The van der Waals surface area contributed by atoms with Gasteiger partial charge >= 0.3 is 0 Å². The lowest BCUT2D eigenvalue weighted by atomic mass is 10.1. The van der Waals surface area contributed by atoms with Crippen molar-refractivity contribution in [1.82, 2.24) is 14.3 Å². The van der Waals surface area contributed by atoms with Crippen LogP contribution in [0.25, 0.3) is 0 Å². The van der Waals surface area contributed by atoms with Crippen molar-refractivity contribution in [3.63, 3.8) is 0 Å². The van der Waals surface area contributed by atoms with Gasteiger partial charge in [-0.3, -0.25) is 0 Å². The molecule has 2 aliphatic heterocycles. The first-order chi connectivity index (χ1) is 7.09. The molecule has 0 aromatic carbocycles. The standard InChI is InChI=1S/C9H19N3O2S/c1-8-4-2-3-5-12(8)15(13,14)11-9-6-10-7-9/h8-11H,2-7H2,1H3. The fourth-order valence-corrected chi connectivity index (χ4v) is 3.75. The van der Waals surface area contributed by atoms with Crippen molar-refractivity contribution in [3.05, 3.63) is 0 Å². The van der Waals surface area contributed by atoms with Crippen molar-refractivity contribution in [3.8, 4) is 0 Å². The highest BCUT2D eigenvalue weighted by molar-refractivity contribution is 7.87. The predicted octanol–water partition coefficient (Wildman–Crippen LogP) is -0.333. The molecule has 0 saturated carbocycles. The van der Waals surface area contributed by atoms with E-state index >= 15 is 0 Å². The third-order valence-electron chi connectivity index (χ3n) is 3.15. The Bertz CT molecular complexity index is 313. The Morgan fingerprint density at radius 1 is 1.33 bits per heavy atom. The van der Waals surface area contributed by atoms with E-state index in [0.29, 0.717) is 6.54 Å². The largest absolute Gasteiger partial charge is 0.313 e. The summed E-state index contributed by atoms with van der Waals surface area (Å²) in [6.45, 7) is 4.15. The number of hydrogen-bond donors (Lipinski definition) is 2. The van der Waals surface area contributed by atoms with E-state index in [4.69, 9.17) is 0 Å². The van der Waals surface area contributed by atoms with E-state index in [9.17, 15) is 8.42 Å². The van der Waals surface area contributed by atoms with Crippen LogP contribution in [-0.4, -0.2) is 44.4 Å². The van der Waals surface area contributed by atoms with Crippen LogP contribution in [0.5, 0.6) is 0 Å². The van der Waals surface area contributed by atoms with Gasteiger partial charge in [-0.05, 0) is 19.8 Å². The molecule has 5 nitrogen and oxygen atoms in total. The van der Waals surface area contributed by atoms with Gasteiger partial charge in [0.05, 0.1) is 0 Å². The number of nitrogens with zero attached hydrogens (tertiary/aromatic N) is 1. The molecule has 1 unspecified atom stereocenters. The van der Waals surface area contributed by atoms with Gasteiger partial charge in [0.25, 0.3) is 10.2 Å². The van der Waals surface area contributed by atoms with E-state index in [1.165, 1.54) is 0 Å². The Hall–Kier alpha value is -0.170. The molecule has 2 aliphatic rings. The molecule has 2 heterocycles. The molecule has 0 radical (unpaired) electrons. The van der Waals surface area contributed by atoms with Crippen LogP contribution in [0.15, 0.2) is 0 Å². The Labute approximate surface area is 91.4 Å². The van der Waals surface area contributed by atoms with Crippen LogP contribution >= 0.6 is 0 Å². The van der Waals surface area contributed by atoms with Crippen molar-refractivity contribution < 1.29 is 8.42 Å². The van der Waals surface area contributed by atoms with Gasteiger partial charge in [-0.1, -0.05) is 6.42 Å². The second kappa shape index (κ2) is 4.37. The van der Waals surface area contributed by atoms with E-state index < -0.39 is 10.2 Å². The molecule has 0 aromatic rings. The smallest absolute Gasteiger partial charge is 0.280 e. The lowest BCUT2D eigenvalue weighted by molar-refractivity contribution is 0.260. The maximum Gasteiger partial charge on any atom is 0.280 e. The van der Waals surface area contributed by atoms with Crippen LogP contribution in [0, 0.1) is 0 Å². The summed E-state index contributed by atoms with van der Waals surface area (Å²) >= 11 is 0. The summed E-state index contributed by atoms with van der Waals surface area (Å²) < 4.78 is 28.3. The molecule has 0 amide bonds. The maximum atomic E-state index is 12.0. The second-order valence-electron chi connectivity index (χ2n) is 4.43. The number of hydrogen-bond acceptors (Lipinski definition) is 3. The van der Waals surface area contributed by atoms with E-state index in [-0.39, 0.29) is 12.1 Å². The average Bonchev–Trinajstić information content (AvgIpc) is 2.12. The van der Waals surface area contributed by atoms with Crippen LogP contribution in [-0.2, 0) is 10.2 Å². The monoisotopic (exact) mass is 233 g/mol. The summed E-state index contributed by atoms with van der Waals surface area (Å²) in [5.74, 6) is 0. The first kappa shape index (κ1) is 11.3. The molecular weight excluding hydrogens is 214 g/mol. The van der Waals surface area contributed by atoms with Crippen molar-refractivity contribution in [2.45, 2.75) is 38.3 Å². The quantitative estimate of drug-likeness (QED) is 0.701. The molecule has 0 bridgehead atoms. The van der Waals surface area contributed by atoms with Gasteiger partial charge < -0.3 is 5.32 Å². The van der Waals surface area contributed by atoms with Gasteiger partial charge in [0, 0.05) is 31.7 Å². The zero-order valence-corrected chi connectivity index (χ0v) is 9.89. The lowest BCUT2D eigenvalue weighted by Crippen LogP contribution is -2.60. The maximum absolute atomic E-state index is 12.0. The summed E-state index contributed by atoms with van der Waals surface area (Å²) in [6.07, 6.45) is 3.09. The van der Waals surface area contributed by atoms with Crippen LogP contribution in [0.4, 0.5) is 0 Å². The molecular formula is C9H19N3O2S. The highest BCUT2D eigenvalue weighted by Gasteiger charge is 2.32. The Kier molecular flexibility index (Phi) is 3.30. The van der Waals surface area contributed by atoms with E-state index in [1.807, 2.05) is 6.92 Å². The van der Waals surface area contributed by atoms with Crippen LogP contribution in [0.2, 0.25) is 0 Å². The molecule has 88 valence electrons. The minimum Gasteiger partial charge on any atom is -0.313 e. The van der Waals surface area contributed by atoms with Gasteiger partial charge in [0.1, 0.15) is 0 Å². The van der Waals surface area contributed by atoms with Gasteiger partial charge in [-0.15, -0.1) is 0 Å². The van der Waals surface area contributed by atoms with Crippen molar-refractivity contribution in [2.24, 2.45) is 0 Å². The van der Waals surface area contributed by atoms with E-state index in [2.05, 4.69) is 10.0 Å². The molecule has 15 heavy (non-hydrogen) atoms. The lowest BCUT2D eigenvalue weighted by Gasteiger charge is -2.35. The average molecular weight is 233 g/mol. The van der Waals surface area contributed by atoms with E-state index in [1.54, 1.807) is 4.31 Å². The van der Waals surface area contributed by atoms with Crippen LogP contribution in [0.1, 0.15) is 26.2 Å². The van der Waals surface area contributed by atoms with Crippen LogP contribution < -0.4 is 10.0 Å². The van der Waals surface area contributed by atoms with Gasteiger partial charge in [0.15, 0.2) is 0 Å². The summed E-state index contributed by atoms with van der Waals surface area (Å²) in [5.41, 5.74) is 0. The van der Waals surface area contributed by atoms with E-state index in [0.717, 1.165) is 32.4 Å². The highest BCUT2D eigenvalue weighted by atomic mass is 32.2. The molecule has 1 atom stereocenters. The molecule has 2 rings (SSSR count). The zero-order chi connectivity index (χ0) is 10.9. The molecule has 0 aromatic heterocycles. The van der Waals surface area contributed by atoms with Crippen molar-refractivity contribution in [1.29, 1.82) is 0 Å². The van der Waals surface area contributed by atoms with Gasteiger partial charge in [0.2, 0.25) is 0 Å². The Morgan fingerprint density at radius 3 is 2.60 bits per heavy atom. The van der Waals surface area contributed by atoms with Crippen LogP contribution in [0.3, 0.4) is 0 Å². The fraction of sp³-hybridized carbons (Fsp3) is 1.00.